The first-order valence-electron chi connectivity index (χ1n) is 14.9. The summed E-state index contributed by atoms with van der Waals surface area (Å²) in [5.41, 5.74) is 9.46. The number of benzene rings is 1. The van der Waals surface area contributed by atoms with E-state index in [1.165, 1.54) is 11.9 Å². The Balaban J connectivity index is 1.60. The Morgan fingerprint density at radius 3 is 2.22 bits per heavy atom. The van der Waals surface area contributed by atoms with Crippen molar-refractivity contribution in [3.63, 3.8) is 0 Å². The normalized spacial score (nSPS) is 26.1. The lowest BCUT2D eigenvalue weighted by molar-refractivity contribution is -0.0547. The van der Waals surface area contributed by atoms with E-state index in [-0.39, 0.29) is 40.4 Å². The average molecular weight is 599 g/mol. The predicted molar refractivity (Wildman–Crippen MR) is 165 cm³/mol. The van der Waals surface area contributed by atoms with Crippen LogP contribution in [-0.4, -0.2) is 61.5 Å². The highest BCUT2D eigenvalue weighted by Gasteiger charge is 2.61. The van der Waals surface area contributed by atoms with Crippen LogP contribution in [0, 0.1) is 0 Å². The van der Waals surface area contributed by atoms with Crippen LogP contribution in [0.4, 0.5) is 5.82 Å². The number of nitrogens with two attached hydrogens (primary N) is 1. The number of rotatable bonds is 8. The lowest BCUT2D eigenvalue weighted by atomic mass is 10.1. The van der Waals surface area contributed by atoms with Gasteiger partial charge in [-0.05, 0) is 27.7 Å². The second kappa shape index (κ2) is 11.8. The minimum absolute atomic E-state index is 0.213. The molecule has 1 aromatic carbocycles. The van der Waals surface area contributed by atoms with Crippen molar-refractivity contribution in [3.8, 4) is 0 Å². The molecular formula is C29H46N6O4Si2. The zero-order chi connectivity index (χ0) is 29.5. The van der Waals surface area contributed by atoms with Gasteiger partial charge in [-0.2, -0.15) is 0 Å². The molecule has 12 heteroatoms. The molecule has 0 bridgehead atoms. The summed E-state index contributed by atoms with van der Waals surface area (Å²) >= 11 is 0. The van der Waals surface area contributed by atoms with Gasteiger partial charge in [0.2, 0.25) is 0 Å². The fourth-order valence-electron chi connectivity index (χ4n) is 6.50. The lowest BCUT2D eigenvalue weighted by Crippen LogP contribution is -2.66. The molecule has 4 heterocycles. The molecule has 3 aromatic rings. The van der Waals surface area contributed by atoms with Crippen molar-refractivity contribution < 1.29 is 17.7 Å². The summed E-state index contributed by atoms with van der Waals surface area (Å²) in [7, 11) is -5.54. The molecule has 2 saturated heterocycles. The van der Waals surface area contributed by atoms with E-state index in [4.69, 9.17) is 23.4 Å². The van der Waals surface area contributed by atoms with Crippen molar-refractivity contribution >= 4 is 34.1 Å². The summed E-state index contributed by atoms with van der Waals surface area (Å²) in [6.45, 7) is 18.9. The summed E-state index contributed by atoms with van der Waals surface area (Å²) in [6, 6.07) is 10.1. The Morgan fingerprint density at radius 1 is 0.927 bits per heavy atom. The van der Waals surface area contributed by atoms with Gasteiger partial charge in [0, 0.05) is 6.54 Å². The van der Waals surface area contributed by atoms with Crippen molar-refractivity contribution in [1.82, 2.24) is 24.8 Å². The second-order valence-corrected chi connectivity index (χ2v) is 21.4. The molecule has 0 radical (unpaired) electrons. The summed E-state index contributed by atoms with van der Waals surface area (Å²) < 4.78 is 30.7. The van der Waals surface area contributed by atoms with Crippen molar-refractivity contribution in [1.29, 1.82) is 0 Å². The highest BCUT2D eigenvalue weighted by Crippen LogP contribution is 2.48. The number of hydrogen-bond acceptors (Lipinski definition) is 9. The molecule has 0 aliphatic carbocycles. The zero-order valence-electron chi connectivity index (χ0n) is 25.6. The minimum atomic E-state index is -2.85. The summed E-state index contributed by atoms with van der Waals surface area (Å²) in [6.07, 6.45) is 2.15. The van der Waals surface area contributed by atoms with Crippen molar-refractivity contribution in [2.24, 2.45) is 0 Å². The number of nitrogens with zero attached hydrogens (tertiary/aromatic N) is 4. The molecule has 2 aliphatic rings. The number of imidazole rings is 1. The molecule has 0 saturated carbocycles. The molecule has 0 amide bonds. The maximum atomic E-state index is 7.44. The standard InChI is InChI=1S/C29H46N6O4Si2/c1-18(2)40(19(3)4)36-15-23-26(38-41(39-40,20(5)6)21(7)8)24(31-14-22-12-10-9-11-13-22)29(37-23)35-17-34-25-27(30)32-16-33-28(25)35/h9-13,16-21,23-24,26,29,31H,14-15H2,1-8H3,(H2,30,32,33)/t23-,24-,26-,29-/m1/s1. The minimum Gasteiger partial charge on any atom is -0.414 e. The van der Waals surface area contributed by atoms with Crippen LogP contribution >= 0.6 is 0 Å². The van der Waals surface area contributed by atoms with Crippen LogP contribution in [0.2, 0.25) is 22.2 Å². The number of fused-ring (bicyclic) bond motifs is 2. The van der Waals surface area contributed by atoms with Crippen molar-refractivity contribution in [2.75, 3.05) is 12.3 Å². The Hall–Kier alpha value is -2.20. The zero-order valence-corrected chi connectivity index (χ0v) is 27.6. The number of aromatic nitrogens is 4. The number of anilines is 1. The molecule has 2 aromatic heterocycles. The van der Waals surface area contributed by atoms with Crippen LogP contribution in [0.25, 0.3) is 11.2 Å². The highest BCUT2D eigenvalue weighted by atomic mass is 28.5. The van der Waals surface area contributed by atoms with Gasteiger partial charge in [0.05, 0.1) is 25.1 Å². The maximum absolute atomic E-state index is 7.44. The van der Waals surface area contributed by atoms with E-state index >= 15 is 0 Å². The Labute approximate surface area is 245 Å². The van der Waals surface area contributed by atoms with Gasteiger partial charge in [-0.25, -0.2) is 15.0 Å². The topological polar surface area (TPSA) is 119 Å². The molecule has 2 aliphatic heterocycles. The molecule has 224 valence electrons. The quantitative estimate of drug-likeness (QED) is 0.328. The summed E-state index contributed by atoms with van der Waals surface area (Å²) in [5, 5.41) is 3.79. The van der Waals surface area contributed by atoms with Gasteiger partial charge in [-0.3, -0.25) is 4.57 Å². The van der Waals surface area contributed by atoms with Gasteiger partial charge in [-0.15, -0.1) is 0 Å². The van der Waals surface area contributed by atoms with Crippen molar-refractivity contribution in [2.45, 2.75) is 109 Å². The monoisotopic (exact) mass is 598 g/mol. The van der Waals surface area contributed by atoms with Gasteiger partial charge in [-0.1, -0.05) is 85.7 Å². The van der Waals surface area contributed by atoms with E-state index in [9.17, 15) is 0 Å². The van der Waals surface area contributed by atoms with E-state index in [2.05, 4.69) is 99.9 Å². The highest BCUT2D eigenvalue weighted by molar-refractivity contribution is 6.84. The number of nitrogen functional groups attached to an aromatic ring is 1. The maximum Gasteiger partial charge on any atom is 0.335 e. The smallest absolute Gasteiger partial charge is 0.335 e. The number of ether oxygens (including phenoxy) is 1. The third-order valence-corrected chi connectivity index (χ3v) is 19.0. The third-order valence-electron chi connectivity index (χ3n) is 8.72. The fraction of sp³-hybridized carbons (Fsp3) is 0.621. The number of nitrogens with one attached hydrogen (secondary N) is 1. The molecule has 41 heavy (non-hydrogen) atoms. The van der Waals surface area contributed by atoms with E-state index in [0.717, 1.165) is 0 Å². The largest absolute Gasteiger partial charge is 0.414 e. The van der Waals surface area contributed by atoms with Gasteiger partial charge in [0.25, 0.3) is 0 Å². The lowest BCUT2D eigenvalue weighted by Gasteiger charge is -2.51. The molecule has 0 spiro atoms. The summed E-state index contributed by atoms with van der Waals surface area (Å²) in [4.78, 5) is 13.2. The van der Waals surface area contributed by atoms with Crippen LogP contribution in [0.5, 0.6) is 0 Å². The summed E-state index contributed by atoms with van der Waals surface area (Å²) in [5.74, 6) is 0.343. The molecular weight excluding hydrogens is 553 g/mol. The first-order valence-corrected chi connectivity index (χ1v) is 18.8. The molecule has 0 unspecified atom stereocenters. The van der Waals surface area contributed by atoms with Gasteiger partial charge < -0.3 is 28.8 Å². The van der Waals surface area contributed by atoms with Crippen LogP contribution in [0.3, 0.4) is 0 Å². The molecule has 5 rings (SSSR count). The van der Waals surface area contributed by atoms with E-state index < -0.39 is 23.3 Å². The van der Waals surface area contributed by atoms with Gasteiger partial charge in [0.1, 0.15) is 17.9 Å². The molecule has 4 atom stereocenters. The molecule has 2 fully saturated rings. The fourth-order valence-corrected chi connectivity index (χ4v) is 17.7. The van der Waals surface area contributed by atoms with Crippen molar-refractivity contribution in [3.05, 3.63) is 48.5 Å². The van der Waals surface area contributed by atoms with Crippen LogP contribution in [0.1, 0.15) is 67.2 Å². The van der Waals surface area contributed by atoms with Crippen LogP contribution < -0.4 is 11.1 Å². The SMILES string of the molecule is CC(C)[Si]1(C(C)C)OC[C@H]2O[C@@H](n3cnc4c(N)ncnc43)[C@H](NCc3ccccc3)[C@@H]2O[Si](C(C)C)(C(C)C)O1. The Kier molecular flexibility index (Phi) is 8.73. The van der Waals surface area contributed by atoms with Gasteiger partial charge in [0.15, 0.2) is 17.7 Å². The average Bonchev–Trinajstić information content (AvgIpc) is 3.49. The Bertz CT molecular complexity index is 1310. The number of hydrogen-bond donors (Lipinski definition) is 2. The first-order chi connectivity index (χ1) is 19.5. The van der Waals surface area contributed by atoms with E-state index in [1.54, 1.807) is 6.33 Å². The van der Waals surface area contributed by atoms with Gasteiger partial charge >= 0.3 is 17.1 Å². The molecule has 3 N–H and O–H groups in total. The second-order valence-electron chi connectivity index (χ2n) is 12.6. The predicted octanol–water partition coefficient (Wildman–Crippen LogP) is 5.42. The Morgan fingerprint density at radius 2 is 1.59 bits per heavy atom. The van der Waals surface area contributed by atoms with Crippen LogP contribution in [0.15, 0.2) is 43.0 Å². The van der Waals surface area contributed by atoms with E-state index in [1.807, 2.05) is 10.6 Å². The first kappa shape index (κ1) is 30.3. The molecule has 10 nitrogen and oxygen atoms in total. The van der Waals surface area contributed by atoms with E-state index in [0.29, 0.717) is 30.1 Å². The van der Waals surface area contributed by atoms with Crippen LogP contribution in [-0.2, 0) is 24.2 Å². The third kappa shape index (κ3) is 5.39.